The highest BCUT2D eigenvalue weighted by Crippen LogP contribution is 2.17. The number of hydrogen-bond acceptors (Lipinski definition) is 3. The minimum atomic E-state index is -4.30. The minimum absolute atomic E-state index is 0.0456. The Morgan fingerprint density at radius 1 is 1.14 bits per heavy atom. The van der Waals surface area contributed by atoms with E-state index in [0.717, 1.165) is 11.6 Å². The molecule has 7 heteroatoms. The van der Waals surface area contributed by atoms with Crippen molar-refractivity contribution in [2.75, 3.05) is 6.61 Å². The van der Waals surface area contributed by atoms with Gasteiger partial charge in [0.2, 0.25) is 0 Å². The Hall–Kier alpha value is -1.34. The summed E-state index contributed by atoms with van der Waals surface area (Å²) in [5.41, 5.74) is 0.936. The molecule has 1 aromatic carbocycles. The second kappa shape index (κ2) is 7.61. The molecule has 0 spiro atoms. The van der Waals surface area contributed by atoms with Crippen molar-refractivity contribution in [3.8, 4) is 0 Å². The van der Waals surface area contributed by atoms with Gasteiger partial charge in [-0.1, -0.05) is 23.8 Å². The summed E-state index contributed by atoms with van der Waals surface area (Å²) in [6.45, 7) is 1.79. The maximum absolute atomic E-state index is 11.8. The average Bonchev–Trinajstić information content (AvgIpc) is 2.36. The van der Waals surface area contributed by atoms with Crippen LogP contribution >= 0.6 is 0 Å². The summed E-state index contributed by atoms with van der Waals surface area (Å²) in [6.07, 6.45) is -2.08. The van der Waals surface area contributed by atoms with Gasteiger partial charge in [0.15, 0.2) is 0 Å². The fourth-order valence-corrected chi connectivity index (χ4v) is 2.47. The normalized spacial score (nSPS) is 13.0. The van der Waals surface area contributed by atoms with E-state index >= 15 is 0 Å². The first-order valence-electron chi connectivity index (χ1n) is 6.41. The summed E-state index contributed by atoms with van der Waals surface area (Å²) in [7, 11) is -3.79. The fraction of sp³-hybridized carbons (Fsp3) is 0.429. The largest absolute Gasteiger partial charge is 0.409 e. The van der Waals surface area contributed by atoms with Gasteiger partial charge in [-0.15, -0.1) is 0 Å². The molecule has 0 unspecified atom stereocenters. The number of hydrogen-bond donors (Lipinski definition) is 0. The molecule has 0 saturated carbocycles. The van der Waals surface area contributed by atoms with Crippen molar-refractivity contribution in [2.24, 2.45) is 0 Å². The van der Waals surface area contributed by atoms with Gasteiger partial charge >= 0.3 is 6.18 Å². The molecule has 0 N–H and O–H groups in total. The number of benzene rings is 1. The van der Waals surface area contributed by atoms with E-state index in [2.05, 4.69) is 0 Å². The lowest BCUT2D eigenvalue weighted by Crippen LogP contribution is -2.07. The highest BCUT2D eigenvalue weighted by molar-refractivity contribution is 7.86. The fourth-order valence-electron chi connectivity index (χ4n) is 1.52. The molecule has 0 aromatic heterocycles. The highest BCUT2D eigenvalue weighted by atomic mass is 32.2. The Labute approximate surface area is 122 Å². The van der Waals surface area contributed by atoms with E-state index in [1.165, 1.54) is 12.1 Å². The number of rotatable bonds is 7. The second-order valence-corrected chi connectivity index (χ2v) is 6.14. The molecule has 1 rings (SSSR count). The predicted octanol–water partition coefficient (Wildman–Crippen LogP) is 3.99. The van der Waals surface area contributed by atoms with E-state index in [1.807, 2.05) is 6.92 Å². The number of allylic oxidation sites excluding steroid dienone is 2. The smallest absolute Gasteiger partial charge is 0.266 e. The van der Waals surface area contributed by atoms with Crippen LogP contribution in [-0.4, -0.2) is 21.2 Å². The summed E-state index contributed by atoms with van der Waals surface area (Å²) in [5, 5.41) is 0. The molecule has 0 amide bonds. The maximum Gasteiger partial charge on any atom is 0.409 e. The van der Waals surface area contributed by atoms with Crippen molar-refractivity contribution in [1.82, 2.24) is 0 Å². The first-order valence-corrected chi connectivity index (χ1v) is 7.82. The van der Waals surface area contributed by atoms with E-state index < -0.39 is 16.3 Å². The van der Waals surface area contributed by atoms with Crippen LogP contribution in [-0.2, 0) is 14.3 Å². The van der Waals surface area contributed by atoms with Gasteiger partial charge in [-0.3, -0.25) is 4.18 Å². The number of alkyl halides is 3. The van der Waals surface area contributed by atoms with Gasteiger partial charge in [0.05, 0.1) is 11.5 Å². The molecule has 0 aliphatic heterocycles. The molecular formula is C14H17F3O3S. The summed E-state index contributed by atoms with van der Waals surface area (Å²) >= 11 is 0. The van der Waals surface area contributed by atoms with Crippen LogP contribution in [0.4, 0.5) is 13.2 Å². The molecule has 21 heavy (non-hydrogen) atoms. The van der Waals surface area contributed by atoms with E-state index in [4.69, 9.17) is 4.18 Å². The molecule has 0 bridgehead atoms. The molecule has 0 fully saturated rings. The van der Waals surface area contributed by atoms with E-state index in [1.54, 1.807) is 12.1 Å². The standard InChI is InChI=1S/C14H17F3O3S/c1-12-6-8-13(9-7-12)21(18,19)20-11-5-3-2-4-10-14(15,16)17/h4,6-10H,2-3,5,11H2,1H3/b10-4+. The first-order chi connectivity index (χ1) is 9.71. The zero-order chi connectivity index (χ0) is 15.9. The van der Waals surface area contributed by atoms with Gasteiger partial charge in [0, 0.05) is 6.08 Å². The van der Waals surface area contributed by atoms with Gasteiger partial charge in [-0.25, -0.2) is 0 Å². The summed E-state index contributed by atoms with van der Waals surface area (Å²) in [5.74, 6) is 0. The Balaban J connectivity index is 2.32. The third-order valence-corrected chi connectivity index (χ3v) is 3.95. The molecule has 3 nitrogen and oxygen atoms in total. The van der Waals surface area contributed by atoms with Crippen molar-refractivity contribution in [2.45, 2.75) is 37.3 Å². The summed E-state index contributed by atoms with van der Waals surface area (Å²) < 4.78 is 63.8. The Morgan fingerprint density at radius 2 is 1.76 bits per heavy atom. The van der Waals surface area contributed by atoms with Gasteiger partial charge in [-0.05, 0) is 38.3 Å². The van der Waals surface area contributed by atoms with Crippen molar-refractivity contribution in [1.29, 1.82) is 0 Å². The molecule has 0 atom stereocenters. The number of halogens is 3. The van der Waals surface area contributed by atoms with Crippen LogP contribution in [0.1, 0.15) is 24.8 Å². The number of aryl methyl sites for hydroxylation is 1. The lowest BCUT2D eigenvalue weighted by Gasteiger charge is -2.05. The number of unbranched alkanes of at least 4 members (excludes halogenated alkanes) is 2. The van der Waals surface area contributed by atoms with Gasteiger partial charge < -0.3 is 0 Å². The van der Waals surface area contributed by atoms with E-state index in [0.29, 0.717) is 12.8 Å². The Morgan fingerprint density at radius 3 is 2.33 bits per heavy atom. The van der Waals surface area contributed by atoms with Crippen LogP contribution in [0.25, 0.3) is 0 Å². The molecule has 1 aromatic rings. The van der Waals surface area contributed by atoms with E-state index in [9.17, 15) is 21.6 Å². The van der Waals surface area contributed by atoms with Crippen molar-refractivity contribution >= 4 is 10.1 Å². The molecular weight excluding hydrogens is 305 g/mol. The van der Waals surface area contributed by atoms with Gasteiger partial charge in [0.1, 0.15) is 0 Å². The maximum atomic E-state index is 11.8. The zero-order valence-electron chi connectivity index (χ0n) is 11.6. The van der Waals surface area contributed by atoms with Gasteiger partial charge in [0.25, 0.3) is 10.1 Å². The lowest BCUT2D eigenvalue weighted by atomic mass is 10.2. The van der Waals surface area contributed by atoms with Crippen LogP contribution in [0.2, 0.25) is 0 Å². The van der Waals surface area contributed by atoms with Crippen molar-refractivity contribution in [3.63, 3.8) is 0 Å². The Kier molecular flexibility index (Phi) is 6.42. The first kappa shape index (κ1) is 17.7. The van der Waals surface area contributed by atoms with E-state index in [-0.39, 0.29) is 24.0 Å². The van der Waals surface area contributed by atoms with Gasteiger partial charge in [-0.2, -0.15) is 21.6 Å². The van der Waals surface area contributed by atoms with Crippen LogP contribution in [0.5, 0.6) is 0 Å². The van der Waals surface area contributed by atoms with Crippen molar-refractivity contribution in [3.05, 3.63) is 42.0 Å². The van der Waals surface area contributed by atoms with Crippen LogP contribution in [0.3, 0.4) is 0 Å². The van der Waals surface area contributed by atoms with Crippen LogP contribution < -0.4 is 0 Å². The molecule has 118 valence electrons. The predicted molar refractivity (Wildman–Crippen MR) is 73.4 cm³/mol. The monoisotopic (exact) mass is 322 g/mol. The SMILES string of the molecule is Cc1ccc(S(=O)(=O)OCCCC/C=C/C(F)(F)F)cc1. The third-order valence-electron chi connectivity index (χ3n) is 2.62. The summed E-state index contributed by atoms with van der Waals surface area (Å²) in [4.78, 5) is 0.0741. The molecule has 0 aliphatic rings. The van der Waals surface area contributed by atoms with Crippen LogP contribution in [0.15, 0.2) is 41.3 Å². The molecule has 0 radical (unpaired) electrons. The lowest BCUT2D eigenvalue weighted by molar-refractivity contribution is -0.0800. The average molecular weight is 322 g/mol. The zero-order valence-corrected chi connectivity index (χ0v) is 12.4. The minimum Gasteiger partial charge on any atom is -0.266 e. The second-order valence-electron chi connectivity index (χ2n) is 4.53. The van der Waals surface area contributed by atoms with Crippen LogP contribution in [0, 0.1) is 6.92 Å². The quantitative estimate of drug-likeness (QED) is 0.433. The highest BCUT2D eigenvalue weighted by Gasteiger charge is 2.21. The summed E-state index contributed by atoms with van der Waals surface area (Å²) in [6, 6.07) is 6.24. The molecule has 0 heterocycles. The third kappa shape index (κ3) is 7.29. The Bertz CT molecular complexity index is 560. The molecule has 0 saturated heterocycles. The molecule has 0 aliphatic carbocycles. The topological polar surface area (TPSA) is 43.4 Å². The van der Waals surface area contributed by atoms with Crippen molar-refractivity contribution < 1.29 is 25.8 Å².